The maximum absolute atomic E-state index is 12.9. The van der Waals surface area contributed by atoms with Crippen molar-refractivity contribution in [3.63, 3.8) is 0 Å². The second kappa shape index (κ2) is 10.5. The van der Waals surface area contributed by atoms with Gasteiger partial charge in [0.1, 0.15) is 0 Å². The topological polar surface area (TPSA) is 57.5 Å². The smallest absolute Gasteiger partial charge is 0.233 e. The van der Waals surface area contributed by atoms with Gasteiger partial charge in [0.05, 0.1) is 16.5 Å². The van der Waals surface area contributed by atoms with Crippen LogP contribution < -0.4 is 9.80 Å². The van der Waals surface area contributed by atoms with Crippen LogP contribution in [0.2, 0.25) is 5.02 Å². The Kier molecular flexibility index (Phi) is 7.45. The molecule has 2 aromatic carbocycles. The normalized spacial score (nSPS) is 13.4. The monoisotopic (exact) mass is 484 g/mol. The Morgan fingerprint density at radius 1 is 1.03 bits per heavy atom. The molecule has 0 saturated carbocycles. The van der Waals surface area contributed by atoms with Gasteiger partial charge in [0.15, 0.2) is 5.16 Å². The average Bonchev–Trinajstić information content (AvgIpc) is 3.48. The zero-order valence-corrected chi connectivity index (χ0v) is 20.8. The van der Waals surface area contributed by atoms with Crippen LogP contribution in [0.15, 0.2) is 53.7 Å². The van der Waals surface area contributed by atoms with Crippen LogP contribution in [0.5, 0.6) is 0 Å². The number of para-hydroxylation sites is 1. The minimum Gasteiger partial charge on any atom is -0.378 e. The molecule has 1 saturated heterocycles. The van der Waals surface area contributed by atoms with Crippen molar-refractivity contribution in [3.05, 3.63) is 59.1 Å². The first kappa shape index (κ1) is 23.4. The quantitative estimate of drug-likeness (QED) is 0.443. The van der Waals surface area contributed by atoms with Gasteiger partial charge in [0, 0.05) is 46.5 Å². The predicted molar refractivity (Wildman–Crippen MR) is 136 cm³/mol. The van der Waals surface area contributed by atoms with Gasteiger partial charge in [0.2, 0.25) is 11.9 Å². The molecule has 3 aromatic rings. The van der Waals surface area contributed by atoms with Crippen molar-refractivity contribution in [2.45, 2.75) is 24.5 Å². The third-order valence-corrected chi connectivity index (χ3v) is 6.95. The molecule has 1 aromatic heterocycles. The summed E-state index contributed by atoms with van der Waals surface area (Å²) in [6.07, 6.45) is 2.27. The molecule has 0 aliphatic carbocycles. The van der Waals surface area contributed by atoms with E-state index in [1.807, 2.05) is 50.0 Å². The molecule has 1 aliphatic rings. The van der Waals surface area contributed by atoms with E-state index in [9.17, 15) is 4.79 Å². The third-order valence-electron chi connectivity index (χ3n) is 5.72. The highest BCUT2D eigenvalue weighted by molar-refractivity contribution is 7.99. The molecule has 0 unspecified atom stereocenters. The average molecular weight is 485 g/mol. The van der Waals surface area contributed by atoms with E-state index in [0.29, 0.717) is 16.7 Å². The molecule has 0 atom stereocenters. The fourth-order valence-corrected chi connectivity index (χ4v) is 4.92. The van der Waals surface area contributed by atoms with Gasteiger partial charge in [-0.2, -0.15) is 0 Å². The summed E-state index contributed by atoms with van der Waals surface area (Å²) in [5.74, 6) is 1.09. The Bertz CT molecular complexity index is 1090. The minimum absolute atomic E-state index is 0.0353. The molecule has 1 amide bonds. The summed E-state index contributed by atoms with van der Waals surface area (Å²) in [7, 11) is 5.86. The predicted octanol–water partition coefficient (Wildman–Crippen LogP) is 4.34. The number of aromatic nitrogens is 3. The Hall–Kier alpha value is -2.71. The van der Waals surface area contributed by atoms with Crippen LogP contribution in [0, 0.1) is 0 Å². The van der Waals surface area contributed by atoms with Crippen molar-refractivity contribution in [2.75, 3.05) is 49.8 Å². The lowest BCUT2D eigenvalue weighted by Crippen LogP contribution is -2.28. The van der Waals surface area contributed by atoms with Gasteiger partial charge in [0.25, 0.3) is 0 Å². The second-order valence-electron chi connectivity index (χ2n) is 8.36. The minimum atomic E-state index is 0.0353. The number of nitrogens with zero attached hydrogens (tertiary/aromatic N) is 6. The van der Waals surface area contributed by atoms with E-state index in [1.54, 1.807) is 4.90 Å². The number of carbonyl (C=O) groups is 1. The summed E-state index contributed by atoms with van der Waals surface area (Å²) >= 11 is 7.91. The molecule has 174 valence electrons. The zero-order valence-electron chi connectivity index (χ0n) is 19.2. The number of hydrogen-bond acceptors (Lipinski definition) is 6. The molecule has 0 radical (unpaired) electrons. The lowest BCUT2D eigenvalue weighted by atomic mass is 10.2. The summed E-state index contributed by atoms with van der Waals surface area (Å²) in [6, 6.07) is 15.9. The second-order valence-corrected chi connectivity index (χ2v) is 9.71. The SMILES string of the molecule is CN(Cc1ccc(N(C)C)cc1)C(=O)CSc1nnc(N2CCCC2)n1-c1ccccc1Cl. The van der Waals surface area contributed by atoms with Crippen LogP contribution in [0.1, 0.15) is 18.4 Å². The maximum atomic E-state index is 12.9. The van der Waals surface area contributed by atoms with Crippen molar-refractivity contribution in [1.29, 1.82) is 0 Å². The van der Waals surface area contributed by atoms with Gasteiger partial charge in [-0.25, -0.2) is 0 Å². The summed E-state index contributed by atoms with van der Waals surface area (Å²) in [6.45, 7) is 2.45. The first-order chi connectivity index (χ1) is 15.9. The van der Waals surface area contributed by atoms with Crippen molar-refractivity contribution < 1.29 is 4.79 Å². The van der Waals surface area contributed by atoms with Crippen LogP contribution >= 0.6 is 23.4 Å². The van der Waals surface area contributed by atoms with Crippen LogP contribution in [-0.2, 0) is 11.3 Å². The Morgan fingerprint density at radius 2 is 1.73 bits per heavy atom. The fraction of sp³-hybridized carbons (Fsp3) is 0.375. The highest BCUT2D eigenvalue weighted by atomic mass is 35.5. The first-order valence-corrected chi connectivity index (χ1v) is 12.4. The van der Waals surface area contributed by atoms with E-state index in [1.165, 1.54) is 11.8 Å². The largest absolute Gasteiger partial charge is 0.378 e. The van der Waals surface area contributed by atoms with Gasteiger partial charge in [-0.15, -0.1) is 10.2 Å². The zero-order chi connectivity index (χ0) is 23.4. The van der Waals surface area contributed by atoms with E-state index < -0.39 is 0 Å². The third kappa shape index (κ3) is 5.45. The van der Waals surface area contributed by atoms with Crippen LogP contribution in [0.25, 0.3) is 5.69 Å². The number of benzene rings is 2. The van der Waals surface area contributed by atoms with Crippen LogP contribution in [-0.4, -0.2) is 65.6 Å². The molecule has 33 heavy (non-hydrogen) atoms. The summed E-state index contributed by atoms with van der Waals surface area (Å²) in [4.78, 5) is 18.9. The van der Waals surface area contributed by atoms with Crippen molar-refractivity contribution in [2.24, 2.45) is 0 Å². The summed E-state index contributed by atoms with van der Waals surface area (Å²) in [5, 5.41) is 10.2. The molecular formula is C24H29ClN6OS. The highest BCUT2D eigenvalue weighted by Crippen LogP contribution is 2.32. The van der Waals surface area contributed by atoms with Gasteiger partial charge in [-0.05, 0) is 42.7 Å². The standard InChI is InChI=1S/C24H29ClN6OS/c1-28(2)19-12-10-18(11-13-19)16-29(3)22(32)17-33-24-27-26-23(30-14-6-7-15-30)31(24)21-9-5-4-8-20(21)25/h4-5,8-13H,6-7,14-17H2,1-3H3. The lowest BCUT2D eigenvalue weighted by Gasteiger charge is -2.20. The number of rotatable bonds is 8. The molecule has 4 rings (SSSR count). The molecule has 0 N–H and O–H groups in total. The van der Waals surface area contributed by atoms with Crippen molar-refractivity contribution in [3.8, 4) is 5.69 Å². The maximum Gasteiger partial charge on any atom is 0.233 e. The Labute approximate surface area is 204 Å². The number of amides is 1. The number of hydrogen-bond donors (Lipinski definition) is 0. The van der Waals surface area contributed by atoms with Gasteiger partial charge in [-0.1, -0.05) is 47.6 Å². The van der Waals surface area contributed by atoms with Crippen LogP contribution in [0.3, 0.4) is 0 Å². The van der Waals surface area contributed by atoms with E-state index in [4.69, 9.17) is 11.6 Å². The number of anilines is 2. The van der Waals surface area contributed by atoms with Gasteiger partial charge >= 0.3 is 0 Å². The molecule has 1 aliphatic heterocycles. The molecule has 9 heteroatoms. The van der Waals surface area contributed by atoms with E-state index in [0.717, 1.165) is 48.8 Å². The van der Waals surface area contributed by atoms with Crippen molar-refractivity contribution >= 4 is 40.9 Å². The fourth-order valence-electron chi connectivity index (χ4n) is 3.82. The molecule has 1 fully saturated rings. The highest BCUT2D eigenvalue weighted by Gasteiger charge is 2.24. The van der Waals surface area contributed by atoms with E-state index in [-0.39, 0.29) is 11.7 Å². The van der Waals surface area contributed by atoms with Gasteiger partial charge < -0.3 is 14.7 Å². The molecular weight excluding hydrogens is 456 g/mol. The number of carbonyl (C=O) groups excluding carboxylic acids is 1. The summed E-state index contributed by atoms with van der Waals surface area (Å²) < 4.78 is 1.98. The number of thioether (sulfide) groups is 1. The molecule has 2 heterocycles. The van der Waals surface area contributed by atoms with Crippen molar-refractivity contribution in [1.82, 2.24) is 19.7 Å². The number of halogens is 1. The molecule has 0 spiro atoms. The summed E-state index contributed by atoms with van der Waals surface area (Å²) in [5.41, 5.74) is 3.06. The van der Waals surface area contributed by atoms with Gasteiger partial charge in [-0.3, -0.25) is 9.36 Å². The van der Waals surface area contributed by atoms with E-state index in [2.05, 4.69) is 44.3 Å². The molecule has 7 nitrogen and oxygen atoms in total. The lowest BCUT2D eigenvalue weighted by molar-refractivity contribution is -0.127. The Balaban J connectivity index is 1.47. The first-order valence-electron chi connectivity index (χ1n) is 11.0. The Morgan fingerprint density at radius 3 is 2.39 bits per heavy atom. The molecule has 0 bridgehead atoms. The van der Waals surface area contributed by atoms with E-state index >= 15 is 0 Å². The van der Waals surface area contributed by atoms with Crippen LogP contribution in [0.4, 0.5) is 11.6 Å².